The normalized spacial score (nSPS) is 12.7. The lowest BCUT2D eigenvalue weighted by Crippen LogP contribution is -2.46. The third kappa shape index (κ3) is 5.19. The predicted octanol–water partition coefficient (Wildman–Crippen LogP) is 3.41. The fourth-order valence-electron chi connectivity index (χ4n) is 2.40. The SMILES string of the molecule is CC(C)(CNC(=O)C(N)Cc1ccccc1)c1ccc(Br)cc1. The maximum absolute atomic E-state index is 12.2. The molecule has 0 radical (unpaired) electrons. The maximum Gasteiger partial charge on any atom is 0.237 e. The molecule has 1 amide bonds. The van der Waals surface area contributed by atoms with E-state index < -0.39 is 6.04 Å². The van der Waals surface area contributed by atoms with E-state index in [1.54, 1.807) is 0 Å². The van der Waals surface area contributed by atoms with Gasteiger partial charge in [-0.05, 0) is 29.7 Å². The largest absolute Gasteiger partial charge is 0.354 e. The first-order chi connectivity index (χ1) is 10.9. The topological polar surface area (TPSA) is 55.1 Å². The Hall–Kier alpha value is -1.65. The molecule has 3 nitrogen and oxygen atoms in total. The van der Waals surface area contributed by atoms with Gasteiger partial charge in [-0.15, -0.1) is 0 Å². The Labute approximate surface area is 146 Å². The van der Waals surface area contributed by atoms with Crippen LogP contribution in [0.4, 0.5) is 0 Å². The fourth-order valence-corrected chi connectivity index (χ4v) is 2.67. The van der Waals surface area contributed by atoms with E-state index in [-0.39, 0.29) is 11.3 Å². The number of benzene rings is 2. The summed E-state index contributed by atoms with van der Waals surface area (Å²) in [5.41, 5.74) is 8.12. The molecular formula is C19H23BrN2O. The number of nitrogens with one attached hydrogen (secondary N) is 1. The number of rotatable bonds is 6. The minimum absolute atomic E-state index is 0.112. The molecule has 0 saturated heterocycles. The first-order valence-corrected chi connectivity index (χ1v) is 8.51. The van der Waals surface area contributed by atoms with Gasteiger partial charge in [0.05, 0.1) is 6.04 Å². The average Bonchev–Trinajstić information content (AvgIpc) is 2.54. The van der Waals surface area contributed by atoms with E-state index in [0.29, 0.717) is 13.0 Å². The van der Waals surface area contributed by atoms with Crippen molar-refractivity contribution in [2.75, 3.05) is 6.54 Å². The summed E-state index contributed by atoms with van der Waals surface area (Å²) < 4.78 is 1.05. The minimum Gasteiger partial charge on any atom is -0.354 e. The molecule has 4 heteroatoms. The van der Waals surface area contributed by atoms with Crippen LogP contribution in [0.2, 0.25) is 0 Å². The number of halogens is 1. The number of carbonyl (C=O) groups is 1. The van der Waals surface area contributed by atoms with Crippen molar-refractivity contribution in [1.29, 1.82) is 0 Å². The van der Waals surface area contributed by atoms with Crippen molar-refractivity contribution < 1.29 is 4.79 Å². The number of hydrogen-bond donors (Lipinski definition) is 2. The molecular weight excluding hydrogens is 352 g/mol. The summed E-state index contributed by atoms with van der Waals surface area (Å²) >= 11 is 3.44. The van der Waals surface area contributed by atoms with Gasteiger partial charge < -0.3 is 11.1 Å². The molecule has 0 aliphatic carbocycles. The summed E-state index contributed by atoms with van der Waals surface area (Å²) in [6.07, 6.45) is 0.547. The summed E-state index contributed by atoms with van der Waals surface area (Å²) in [6.45, 7) is 4.77. The van der Waals surface area contributed by atoms with Crippen LogP contribution in [0.15, 0.2) is 59.1 Å². The van der Waals surface area contributed by atoms with E-state index >= 15 is 0 Å². The molecule has 0 heterocycles. The quantitative estimate of drug-likeness (QED) is 0.813. The van der Waals surface area contributed by atoms with Gasteiger partial charge in [-0.2, -0.15) is 0 Å². The monoisotopic (exact) mass is 374 g/mol. The Balaban J connectivity index is 1.91. The smallest absolute Gasteiger partial charge is 0.237 e. The van der Waals surface area contributed by atoms with Gasteiger partial charge in [0.15, 0.2) is 0 Å². The summed E-state index contributed by atoms with van der Waals surface area (Å²) in [5.74, 6) is -0.112. The Morgan fingerprint density at radius 1 is 1.13 bits per heavy atom. The summed E-state index contributed by atoms with van der Waals surface area (Å²) in [4.78, 5) is 12.2. The van der Waals surface area contributed by atoms with Crippen molar-refractivity contribution in [3.8, 4) is 0 Å². The standard InChI is InChI=1S/C19H23BrN2O/c1-19(2,15-8-10-16(20)11-9-15)13-22-18(23)17(21)12-14-6-4-3-5-7-14/h3-11,17H,12-13,21H2,1-2H3,(H,22,23). The van der Waals surface area contributed by atoms with E-state index in [1.807, 2.05) is 42.5 Å². The molecule has 0 saturated carbocycles. The van der Waals surface area contributed by atoms with Crippen molar-refractivity contribution in [3.63, 3.8) is 0 Å². The van der Waals surface area contributed by atoms with Gasteiger partial charge in [0.2, 0.25) is 5.91 Å². The second-order valence-electron chi connectivity index (χ2n) is 6.40. The van der Waals surface area contributed by atoms with Crippen molar-refractivity contribution in [2.24, 2.45) is 5.73 Å². The van der Waals surface area contributed by atoms with Crippen molar-refractivity contribution in [2.45, 2.75) is 31.7 Å². The van der Waals surface area contributed by atoms with Gasteiger partial charge in [0, 0.05) is 16.4 Å². The first kappa shape index (κ1) is 17.7. The van der Waals surface area contributed by atoms with Crippen LogP contribution in [0.25, 0.3) is 0 Å². The van der Waals surface area contributed by atoms with Crippen LogP contribution in [-0.4, -0.2) is 18.5 Å². The molecule has 1 atom stereocenters. The molecule has 1 unspecified atom stereocenters. The van der Waals surface area contributed by atoms with E-state index in [9.17, 15) is 4.79 Å². The van der Waals surface area contributed by atoms with Crippen LogP contribution in [-0.2, 0) is 16.6 Å². The fraction of sp³-hybridized carbons (Fsp3) is 0.316. The van der Waals surface area contributed by atoms with Gasteiger partial charge in [0.1, 0.15) is 0 Å². The average molecular weight is 375 g/mol. The van der Waals surface area contributed by atoms with Gasteiger partial charge in [-0.25, -0.2) is 0 Å². The zero-order valence-electron chi connectivity index (χ0n) is 13.6. The molecule has 3 N–H and O–H groups in total. The van der Waals surface area contributed by atoms with Crippen LogP contribution in [0.1, 0.15) is 25.0 Å². The van der Waals surface area contributed by atoms with Crippen molar-refractivity contribution in [1.82, 2.24) is 5.32 Å². The summed E-state index contributed by atoms with van der Waals surface area (Å²) in [5, 5.41) is 2.98. The molecule has 2 aromatic rings. The van der Waals surface area contributed by atoms with E-state index in [1.165, 1.54) is 5.56 Å². The lowest BCUT2D eigenvalue weighted by molar-refractivity contribution is -0.122. The van der Waals surface area contributed by atoms with Gasteiger partial charge in [-0.3, -0.25) is 4.79 Å². The number of amides is 1. The lowest BCUT2D eigenvalue weighted by Gasteiger charge is -2.26. The first-order valence-electron chi connectivity index (χ1n) is 7.72. The molecule has 2 aromatic carbocycles. The Kier molecular flexibility index (Phi) is 5.97. The Morgan fingerprint density at radius 3 is 2.35 bits per heavy atom. The Morgan fingerprint density at radius 2 is 1.74 bits per heavy atom. The molecule has 2 rings (SSSR count). The van der Waals surface area contributed by atoms with Crippen LogP contribution in [0.3, 0.4) is 0 Å². The molecule has 122 valence electrons. The van der Waals surface area contributed by atoms with Crippen LogP contribution >= 0.6 is 15.9 Å². The number of hydrogen-bond acceptors (Lipinski definition) is 2. The molecule has 0 bridgehead atoms. The van der Waals surface area contributed by atoms with Gasteiger partial charge in [0.25, 0.3) is 0 Å². The molecule has 0 fully saturated rings. The highest BCUT2D eigenvalue weighted by Gasteiger charge is 2.23. The van der Waals surface area contributed by atoms with Gasteiger partial charge in [-0.1, -0.05) is 72.2 Å². The second kappa shape index (κ2) is 7.75. The predicted molar refractivity (Wildman–Crippen MR) is 98.3 cm³/mol. The molecule has 0 aliphatic rings. The number of carbonyl (C=O) groups excluding carboxylic acids is 1. The second-order valence-corrected chi connectivity index (χ2v) is 7.32. The molecule has 0 aromatic heterocycles. The molecule has 0 spiro atoms. The molecule has 23 heavy (non-hydrogen) atoms. The minimum atomic E-state index is -0.530. The highest BCUT2D eigenvalue weighted by atomic mass is 79.9. The zero-order chi connectivity index (χ0) is 16.9. The van der Waals surface area contributed by atoms with E-state index in [4.69, 9.17) is 5.73 Å². The Bertz CT molecular complexity index is 638. The van der Waals surface area contributed by atoms with E-state index in [2.05, 4.69) is 47.2 Å². The van der Waals surface area contributed by atoms with Crippen LogP contribution in [0.5, 0.6) is 0 Å². The maximum atomic E-state index is 12.2. The third-order valence-corrected chi connectivity index (χ3v) is 4.49. The van der Waals surface area contributed by atoms with E-state index in [0.717, 1.165) is 10.0 Å². The summed E-state index contributed by atoms with van der Waals surface area (Å²) in [6, 6.07) is 17.5. The van der Waals surface area contributed by atoms with Crippen molar-refractivity contribution in [3.05, 3.63) is 70.2 Å². The highest BCUT2D eigenvalue weighted by molar-refractivity contribution is 9.10. The highest BCUT2D eigenvalue weighted by Crippen LogP contribution is 2.24. The molecule has 0 aliphatic heterocycles. The van der Waals surface area contributed by atoms with Crippen LogP contribution < -0.4 is 11.1 Å². The summed E-state index contributed by atoms with van der Waals surface area (Å²) in [7, 11) is 0. The van der Waals surface area contributed by atoms with Gasteiger partial charge >= 0.3 is 0 Å². The van der Waals surface area contributed by atoms with Crippen LogP contribution in [0, 0.1) is 0 Å². The number of nitrogens with two attached hydrogens (primary N) is 1. The van der Waals surface area contributed by atoms with Crippen molar-refractivity contribution >= 4 is 21.8 Å². The third-order valence-electron chi connectivity index (χ3n) is 3.97. The lowest BCUT2D eigenvalue weighted by atomic mass is 9.84. The zero-order valence-corrected chi connectivity index (χ0v) is 15.1.